The summed E-state index contributed by atoms with van der Waals surface area (Å²) in [7, 11) is 0. The van der Waals surface area contributed by atoms with Gasteiger partial charge in [0.05, 0.1) is 13.2 Å². The van der Waals surface area contributed by atoms with Gasteiger partial charge >= 0.3 is 0 Å². The maximum Gasteiger partial charge on any atom is 0.119 e. The molecule has 176 valence electrons. The van der Waals surface area contributed by atoms with Gasteiger partial charge in [0.1, 0.15) is 11.5 Å². The van der Waals surface area contributed by atoms with Crippen LogP contribution in [0.3, 0.4) is 0 Å². The lowest BCUT2D eigenvalue weighted by molar-refractivity contribution is 0.171. The van der Waals surface area contributed by atoms with Crippen LogP contribution in [-0.2, 0) is 0 Å². The molecular formula is C27H41N3O2. The molecule has 5 heteroatoms. The topological polar surface area (TPSA) is 37.0 Å². The Hall–Kier alpha value is -2.08. The van der Waals surface area contributed by atoms with E-state index in [1.54, 1.807) is 0 Å². The number of hydrogen-bond acceptors (Lipinski definition) is 5. The summed E-state index contributed by atoms with van der Waals surface area (Å²) in [6.07, 6.45) is 5.16. The lowest BCUT2D eigenvalue weighted by atomic mass is 10.1. The number of hydrogen-bond donors (Lipinski definition) is 1. The Morgan fingerprint density at radius 3 is 2.03 bits per heavy atom. The number of ether oxygens (including phenoxy) is 2. The molecule has 0 atom stereocenters. The summed E-state index contributed by atoms with van der Waals surface area (Å²) in [5.41, 5.74) is 1.22. The molecule has 2 aromatic rings. The van der Waals surface area contributed by atoms with Gasteiger partial charge in [-0.25, -0.2) is 0 Å². The van der Waals surface area contributed by atoms with Crippen LogP contribution in [0.4, 0.5) is 0 Å². The fourth-order valence-electron chi connectivity index (χ4n) is 4.06. The molecule has 2 saturated heterocycles. The van der Waals surface area contributed by atoms with Crippen LogP contribution in [0.15, 0.2) is 54.6 Å². The number of rotatable bonds is 9. The van der Waals surface area contributed by atoms with Crippen LogP contribution in [0.2, 0.25) is 0 Å². The standard InChI is InChI=1S/C16H18O2.C11H23N3/c1-14-7-5-10-16(13-14)18-12-6-11-17-15-8-3-2-4-9-15;1-2-6-13(7-3-1)10-11-14-8-4-12-5-9-14/h2-5,7-10,13H,6,11-12H2,1H3;12H,1-11H2. The van der Waals surface area contributed by atoms with E-state index in [9.17, 15) is 0 Å². The number of likely N-dealkylation sites (tertiary alicyclic amines) is 1. The quantitative estimate of drug-likeness (QED) is 0.592. The minimum absolute atomic E-state index is 0.676. The number of benzene rings is 2. The number of aryl methyl sites for hydroxylation is 1. The van der Waals surface area contributed by atoms with E-state index in [0.717, 1.165) is 17.9 Å². The first-order valence-corrected chi connectivity index (χ1v) is 12.3. The van der Waals surface area contributed by atoms with E-state index in [-0.39, 0.29) is 0 Å². The van der Waals surface area contributed by atoms with E-state index in [2.05, 4.69) is 28.1 Å². The highest BCUT2D eigenvalue weighted by atomic mass is 16.5. The molecule has 4 rings (SSSR count). The van der Waals surface area contributed by atoms with Crippen LogP contribution < -0.4 is 14.8 Å². The molecule has 1 N–H and O–H groups in total. The summed E-state index contributed by atoms with van der Waals surface area (Å²) in [4.78, 5) is 5.22. The van der Waals surface area contributed by atoms with Gasteiger partial charge < -0.3 is 19.7 Å². The van der Waals surface area contributed by atoms with Crippen LogP contribution in [0.5, 0.6) is 11.5 Å². The molecule has 0 radical (unpaired) electrons. The minimum Gasteiger partial charge on any atom is -0.493 e. The molecule has 2 heterocycles. The molecule has 0 saturated carbocycles. The summed E-state index contributed by atoms with van der Waals surface area (Å²) < 4.78 is 11.2. The lowest BCUT2D eigenvalue weighted by Crippen LogP contribution is -2.46. The minimum atomic E-state index is 0.676. The molecule has 0 spiro atoms. The third-order valence-electron chi connectivity index (χ3n) is 5.95. The van der Waals surface area contributed by atoms with Gasteiger partial charge in [0.2, 0.25) is 0 Å². The third-order valence-corrected chi connectivity index (χ3v) is 5.95. The van der Waals surface area contributed by atoms with E-state index in [1.807, 2.05) is 48.5 Å². The number of piperazine rings is 1. The third kappa shape index (κ3) is 10.0. The molecule has 2 aromatic carbocycles. The second-order valence-corrected chi connectivity index (χ2v) is 8.67. The van der Waals surface area contributed by atoms with E-state index in [1.165, 1.54) is 77.2 Å². The van der Waals surface area contributed by atoms with Crippen molar-refractivity contribution in [2.45, 2.75) is 32.6 Å². The first-order chi connectivity index (χ1) is 15.8. The van der Waals surface area contributed by atoms with Crippen LogP contribution in [0.1, 0.15) is 31.2 Å². The number of nitrogens with zero attached hydrogens (tertiary/aromatic N) is 2. The van der Waals surface area contributed by atoms with Crippen molar-refractivity contribution >= 4 is 0 Å². The Kier molecular flexibility index (Phi) is 11.4. The zero-order valence-corrected chi connectivity index (χ0v) is 19.8. The van der Waals surface area contributed by atoms with E-state index >= 15 is 0 Å². The van der Waals surface area contributed by atoms with Crippen LogP contribution >= 0.6 is 0 Å². The van der Waals surface area contributed by atoms with Gasteiger partial charge in [-0.1, -0.05) is 36.8 Å². The van der Waals surface area contributed by atoms with Gasteiger partial charge in [-0.15, -0.1) is 0 Å². The van der Waals surface area contributed by atoms with Crippen molar-refractivity contribution in [3.63, 3.8) is 0 Å². The molecule has 0 amide bonds. The SMILES string of the molecule is C1CCN(CCN2CCNCC2)CC1.Cc1cccc(OCCCOc2ccccc2)c1. The normalized spacial score (nSPS) is 17.3. The van der Waals surface area contributed by atoms with Crippen molar-refractivity contribution in [1.29, 1.82) is 0 Å². The van der Waals surface area contributed by atoms with Gasteiger partial charge in [-0.05, 0) is 62.7 Å². The number of para-hydroxylation sites is 1. The van der Waals surface area contributed by atoms with E-state index in [4.69, 9.17) is 9.47 Å². The van der Waals surface area contributed by atoms with Gasteiger partial charge in [0, 0.05) is 45.7 Å². The lowest BCUT2D eigenvalue weighted by Gasteiger charge is -2.32. The van der Waals surface area contributed by atoms with Gasteiger partial charge in [-0.2, -0.15) is 0 Å². The number of nitrogens with one attached hydrogen (secondary N) is 1. The van der Waals surface area contributed by atoms with Gasteiger partial charge in [0.15, 0.2) is 0 Å². The van der Waals surface area contributed by atoms with Crippen LogP contribution in [0, 0.1) is 6.92 Å². The second-order valence-electron chi connectivity index (χ2n) is 8.67. The Bertz CT molecular complexity index is 711. The predicted molar refractivity (Wildman–Crippen MR) is 133 cm³/mol. The van der Waals surface area contributed by atoms with Crippen molar-refractivity contribution in [2.24, 2.45) is 0 Å². The molecular weight excluding hydrogens is 398 g/mol. The molecule has 0 bridgehead atoms. The fourth-order valence-corrected chi connectivity index (χ4v) is 4.06. The summed E-state index contributed by atoms with van der Waals surface area (Å²) in [5, 5.41) is 3.40. The smallest absolute Gasteiger partial charge is 0.119 e. The average molecular weight is 440 g/mol. The maximum absolute atomic E-state index is 5.64. The highest BCUT2D eigenvalue weighted by Crippen LogP contribution is 2.13. The Labute approximate surface area is 194 Å². The first-order valence-electron chi connectivity index (χ1n) is 12.3. The van der Waals surface area contributed by atoms with Gasteiger partial charge in [-0.3, -0.25) is 4.90 Å². The molecule has 0 aromatic heterocycles. The molecule has 2 fully saturated rings. The zero-order valence-electron chi connectivity index (χ0n) is 19.8. The molecule has 32 heavy (non-hydrogen) atoms. The van der Waals surface area contributed by atoms with Crippen LogP contribution in [0.25, 0.3) is 0 Å². The van der Waals surface area contributed by atoms with Crippen LogP contribution in [-0.4, -0.2) is 75.4 Å². The molecule has 2 aliphatic rings. The van der Waals surface area contributed by atoms with Crippen molar-refractivity contribution in [3.05, 3.63) is 60.2 Å². The second kappa shape index (κ2) is 14.9. The Balaban J connectivity index is 0.000000186. The zero-order chi connectivity index (χ0) is 22.3. The van der Waals surface area contributed by atoms with Crippen molar-refractivity contribution in [3.8, 4) is 11.5 Å². The molecule has 0 unspecified atom stereocenters. The van der Waals surface area contributed by atoms with Crippen molar-refractivity contribution in [1.82, 2.24) is 15.1 Å². The van der Waals surface area contributed by atoms with Crippen molar-refractivity contribution in [2.75, 3.05) is 65.6 Å². The van der Waals surface area contributed by atoms with Gasteiger partial charge in [0.25, 0.3) is 0 Å². The molecule has 2 aliphatic heterocycles. The van der Waals surface area contributed by atoms with Crippen molar-refractivity contribution < 1.29 is 9.47 Å². The first kappa shape index (κ1) is 24.6. The monoisotopic (exact) mass is 439 g/mol. The van der Waals surface area contributed by atoms with E-state index < -0.39 is 0 Å². The fraction of sp³-hybridized carbons (Fsp3) is 0.556. The predicted octanol–water partition coefficient (Wildman–Crippen LogP) is 4.22. The highest BCUT2D eigenvalue weighted by Gasteiger charge is 2.13. The number of piperidine rings is 1. The summed E-state index contributed by atoms with van der Waals surface area (Å²) in [5.74, 6) is 1.84. The summed E-state index contributed by atoms with van der Waals surface area (Å²) in [6.45, 7) is 13.5. The summed E-state index contributed by atoms with van der Waals surface area (Å²) in [6, 6.07) is 17.9. The average Bonchev–Trinajstić information content (AvgIpc) is 2.85. The summed E-state index contributed by atoms with van der Waals surface area (Å²) >= 11 is 0. The van der Waals surface area contributed by atoms with E-state index in [0.29, 0.717) is 13.2 Å². The Morgan fingerprint density at radius 2 is 1.34 bits per heavy atom. The maximum atomic E-state index is 5.64. The Morgan fingerprint density at radius 1 is 0.719 bits per heavy atom. The largest absolute Gasteiger partial charge is 0.493 e. The highest BCUT2D eigenvalue weighted by molar-refractivity contribution is 5.27. The molecule has 5 nitrogen and oxygen atoms in total. The molecule has 0 aliphatic carbocycles.